The number of furan rings is 1. The van der Waals surface area contributed by atoms with Crippen LogP contribution in [0.1, 0.15) is 16.2 Å². The molecular weight excluding hydrogens is 178 g/mol. The first kappa shape index (κ1) is 8.69. The number of pyridine rings is 1. The van der Waals surface area contributed by atoms with Crippen molar-refractivity contribution in [2.24, 2.45) is 0 Å². The van der Waals surface area contributed by atoms with Crippen molar-refractivity contribution in [1.29, 1.82) is 0 Å². The van der Waals surface area contributed by atoms with Gasteiger partial charge in [-0.15, -0.1) is 0 Å². The zero-order valence-electron chi connectivity index (χ0n) is 7.73. The average molecular weight is 187 g/mol. The SMILES string of the molecule is Cc1cc(-c2ccoc2C=O)ccn1. The van der Waals surface area contributed by atoms with Crippen LogP contribution < -0.4 is 0 Å². The maximum Gasteiger partial charge on any atom is 0.185 e. The lowest BCUT2D eigenvalue weighted by Gasteiger charge is -1.98. The second-order valence-corrected chi connectivity index (χ2v) is 3.00. The molecule has 2 heterocycles. The predicted molar refractivity (Wildman–Crippen MR) is 52.1 cm³/mol. The van der Waals surface area contributed by atoms with E-state index in [0.29, 0.717) is 12.0 Å². The van der Waals surface area contributed by atoms with E-state index >= 15 is 0 Å². The summed E-state index contributed by atoms with van der Waals surface area (Å²) in [6, 6.07) is 5.54. The van der Waals surface area contributed by atoms with Crippen LogP contribution in [0.2, 0.25) is 0 Å². The first-order chi connectivity index (χ1) is 6.81. The zero-order chi connectivity index (χ0) is 9.97. The van der Waals surface area contributed by atoms with Gasteiger partial charge >= 0.3 is 0 Å². The maximum absolute atomic E-state index is 10.6. The maximum atomic E-state index is 10.6. The highest BCUT2D eigenvalue weighted by molar-refractivity contribution is 5.84. The van der Waals surface area contributed by atoms with E-state index in [1.807, 2.05) is 19.1 Å². The Morgan fingerprint density at radius 3 is 3.00 bits per heavy atom. The fourth-order valence-electron chi connectivity index (χ4n) is 1.36. The predicted octanol–water partition coefficient (Wildman–Crippen LogP) is 2.46. The molecule has 0 amide bonds. The second-order valence-electron chi connectivity index (χ2n) is 3.00. The molecule has 14 heavy (non-hydrogen) atoms. The Morgan fingerprint density at radius 2 is 2.29 bits per heavy atom. The molecule has 2 rings (SSSR count). The lowest BCUT2D eigenvalue weighted by atomic mass is 10.1. The molecule has 0 fully saturated rings. The van der Waals surface area contributed by atoms with Gasteiger partial charge in [-0.05, 0) is 30.7 Å². The van der Waals surface area contributed by atoms with E-state index < -0.39 is 0 Å². The molecule has 0 radical (unpaired) electrons. The lowest BCUT2D eigenvalue weighted by molar-refractivity contribution is 0.110. The summed E-state index contributed by atoms with van der Waals surface area (Å²) in [6.07, 6.45) is 3.94. The fourth-order valence-corrected chi connectivity index (χ4v) is 1.36. The molecule has 70 valence electrons. The van der Waals surface area contributed by atoms with Crippen LogP contribution >= 0.6 is 0 Å². The van der Waals surface area contributed by atoms with E-state index in [-0.39, 0.29) is 0 Å². The van der Waals surface area contributed by atoms with Crippen molar-refractivity contribution >= 4 is 6.29 Å². The highest BCUT2D eigenvalue weighted by atomic mass is 16.3. The highest BCUT2D eigenvalue weighted by Gasteiger charge is 2.07. The van der Waals surface area contributed by atoms with Crippen molar-refractivity contribution < 1.29 is 9.21 Å². The van der Waals surface area contributed by atoms with Crippen LogP contribution in [-0.2, 0) is 0 Å². The third kappa shape index (κ3) is 1.44. The molecule has 0 atom stereocenters. The third-order valence-electron chi connectivity index (χ3n) is 2.01. The molecule has 0 unspecified atom stereocenters. The van der Waals surface area contributed by atoms with Crippen molar-refractivity contribution in [3.63, 3.8) is 0 Å². The monoisotopic (exact) mass is 187 g/mol. The smallest absolute Gasteiger partial charge is 0.185 e. The van der Waals surface area contributed by atoms with Gasteiger partial charge in [-0.3, -0.25) is 9.78 Å². The molecule has 2 aromatic heterocycles. The number of hydrogen-bond acceptors (Lipinski definition) is 3. The molecule has 0 aliphatic heterocycles. The van der Waals surface area contributed by atoms with Gasteiger partial charge in [0.15, 0.2) is 12.0 Å². The van der Waals surface area contributed by atoms with Crippen LogP contribution in [0.3, 0.4) is 0 Å². The van der Waals surface area contributed by atoms with Gasteiger partial charge in [0.2, 0.25) is 0 Å². The van der Waals surface area contributed by atoms with Gasteiger partial charge in [-0.1, -0.05) is 0 Å². The molecule has 0 aromatic carbocycles. The first-order valence-electron chi connectivity index (χ1n) is 4.27. The van der Waals surface area contributed by atoms with Crippen molar-refractivity contribution in [2.75, 3.05) is 0 Å². The molecule has 0 saturated carbocycles. The van der Waals surface area contributed by atoms with Gasteiger partial charge in [0.05, 0.1) is 6.26 Å². The van der Waals surface area contributed by atoms with E-state index in [2.05, 4.69) is 4.98 Å². The quantitative estimate of drug-likeness (QED) is 0.678. The van der Waals surface area contributed by atoms with E-state index in [1.54, 1.807) is 12.3 Å². The molecule has 2 aromatic rings. The van der Waals surface area contributed by atoms with Gasteiger partial charge in [-0.2, -0.15) is 0 Å². The summed E-state index contributed by atoms with van der Waals surface area (Å²) >= 11 is 0. The Hall–Kier alpha value is -1.90. The summed E-state index contributed by atoms with van der Waals surface area (Å²) in [6.45, 7) is 1.91. The van der Waals surface area contributed by atoms with Crippen LogP contribution in [0, 0.1) is 6.92 Å². The van der Waals surface area contributed by atoms with Crippen LogP contribution in [0.25, 0.3) is 11.1 Å². The number of nitrogens with zero attached hydrogens (tertiary/aromatic N) is 1. The molecule has 0 spiro atoms. The van der Waals surface area contributed by atoms with Gasteiger partial charge < -0.3 is 4.42 Å². The summed E-state index contributed by atoms with van der Waals surface area (Å²) in [7, 11) is 0. The number of rotatable bonds is 2. The van der Waals surface area contributed by atoms with Crippen molar-refractivity contribution in [1.82, 2.24) is 4.98 Å². The van der Waals surface area contributed by atoms with Crippen LogP contribution in [0.4, 0.5) is 0 Å². The summed E-state index contributed by atoms with van der Waals surface area (Å²) in [5.41, 5.74) is 2.68. The Balaban J connectivity index is 2.54. The van der Waals surface area contributed by atoms with Crippen LogP contribution in [-0.4, -0.2) is 11.3 Å². The normalized spacial score (nSPS) is 10.1. The molecule has 0 aliphatic carbocycles. The Labute approximate surface area is 81.4 Å². The van der Waals surface area contributed by atoms with Gasteiger partial charge in [0.25, 0.3) is 0 Å². The molecule has 0 N–H and O–H groups in total. The van der Waals surface area contributed by atoms with Gasteiger partial charge in [0.1, 0.15) is 0 Å². The minimum Gasteiger partial charge on any atom is -0.461 e. The summed E-state index contributed by atoms with van der Waals surface area (Å²) in [4.78, 5) is 14.7. The number of aldehydes is 1. The lowest BCUT2D eigenvalue weighted by Crippen LogP contribution is -1.84. The number of carbonyl (C=O) groups is 1. The Morgan fingerprint density at radius 1 is 1.43 bits per heavy atom. The van der Waals surface area contributed by atoms with Crippen LogP contribution in [0.15, 0.2) is 35.1 Å². The van der Waals surface area contributed by atoms with E-state index in [4.69, 9.17) is 4.42 Å². The average Bonchev–Trinajstić information content (AvgIpc) is 2.65. The van der Waals surface area contributed by atoms with E-state index in [0.717, 1.165) is 16.8 Å². The minimum atomic E-state index is 0.357. The Kier molecular flexibility index (Phi) is 2.14. The molecule has 0 saturated heterocycles. The fraction of sp³-hybridized carbons (Fsp3) is 0.0909. The highest BCUT2D eigenvalue weighted by Crippen LogP contribution is 2.23. The number of aryl methyl sites for hydroxylation is 1. The molecule has 0 bridgehead atoms. The largest absolute Gasteiger partial charge is 0.461 e. The first-order valence-corrected chi connectivity index (χ1v) is 4.27. The molecule has 3 nitrogen and oxygen atoms in total. The van der Waals surface area contributed by atoms with Crippen molar-refractivity contribution in [2.45, 2.75) is 6.92 Å². The number of carbonyl (C=O) groups excluding carboxylic acids is 1. The Bertz CT molecular complexity index is 460. The van der Waals surface area contributed by atoms with Crippen LogP contribution in [0.5, 0.6) is 0 Å². The number of hydrogen-bond donors (Lipinski definition) is 0. The molecular formula is C11H9NO2. The molecule has 3 heteroatoms. The van der Waals surface area contributed by atoms with Gasteiger partial charge in [-0.25, -0.2) is 0 Å². The summed E-state index contributed by atoms with van der Waals surface area (Å²) in [5, 5.41) is 0. The second kappa shape index (κ2) is 3.46. The van der Waals surface area contributed by atoms with E-state index in [9.17, 15) is 4.79 Å². The standard InChI is InChI=1S/C11H9NO2/c1-8-6-9(2-4-12-8)10-3-5-14-11(10)7-13/h2-7H,1H3. The van der Waals surface area contributed by atoms with Gasteiger partial charge in [0, 0.05) is 17.5 Å². The topological polar surface area (TPSA) is 43.1 Å². The summed E-state index contributed by atoms with van der Waals surface area (Å²) < 4.78 is 5.02. The molecule has 0 aliphatic rings. The summed E-state index contributed by atoms with van der Waals surface area (Å²) in [5.74, 6) is 0.357. The van der Waals surface area contributed by atoms with Crippen molar-refractivity contribution in [3.8, 4) is 11.1 Å². The number of aromatic nitrogens is 1. The minimum absolute atomic E-state index is 0.357. The van der Waals surface area contributed by atoms with E-state index in [1.165, 1.54) is 6.26 Å². The zero-order valence-corrected chi connectivity index (χ0v) is 7.73. The third-order valence-corrected chi connectivity index (χ3v) is 2.01. The van der Waals surface area contributed by atoms with Crippen molar-refractivity contribution in [3.05, 3.63) is 42.1 Å².